The highest BCUT2D eigenvalue weighted by Crippen LogP contribution is 2.35. The first-order valence-electron chi connectivity index (χ1n) is 9.17. The van der Waals surface area contributed by atoms with Crippen molar-refractivity contribution in [1.82, 2.24) is 9.99 Å². The van der Waals surface area contributed by atoms with Crippen molar-refractivity contribution in [3.05, 3.63) is 62.8 Å². The summed E-state index contributed by atoms with van der Waals surface area (Å²) in [6.45, 7) is 3.76. The topological polar surface area (TPSA) is 74.8 Å². The Hall–Kier alpha value is -2.93. The van der Waals surface area contributed by atoms with Crippen molar-refractivity contribution >= 4 is 33.2 Å². The molecule has 144 valence electrons. The number of benzene rings is 1. The van der Waals surface area contributed by atoms with Crippen LogP contribution in [0, 0.1) is 6.92 Å². The van der Waals surface area contributed by atoms with Gasteiger partial charge in [-0.2, -0.15) is 5.10 Å². The summed E-state index contributed by atoms with van der Waals surface area (Å²) in [5, 5.41) is 9.09. The van der Waals surface area contributed by atoms with Gasteiger partial charge in [-0.05, 0) is 41.6 Å². The number of aromatic nitrogens is 1. The van der Waals surface area contributed by atoms with Gasteiger partial charge in [0.05, 0.1) is 24.4 Å². The average Bonchev–Trinajstić information content (AvgIpc) is 3.35. The first kappa shape index (κ1) is 18.4. The summed E-state index contributed by atoms with van der Waals surface area (Å²) < 4.78 is 5.23. The number of pyridine rings is 1. The van der Waals surface area contributed by atoms with Gasteiger partial charge < -0.3 is 9.72 Å². The van der Waals surface area contributed by atoms with Crippen molar-refractivity contribution in [3.8, 4) is 5.75 Å². The third-order valence-electron chi connectivity index (χ3n) is 5.16. The van der Waals surface area contributed by atoms with E-state index in [2.05, 4.69) is 10.1 Å². The molecule has 1 atom stereocenters. The molecule has 0 spiro atoms. The molecule has 1 aliphatic rings. The SMILES string of the molecule is CCC(=O)N1N=C(c2c(C)c3ccsc3[nH]c2=O)C[C@@H]1c1ccc(OC)cc1. The number of ether oxygens (including phenoxy) is 1. The van der Waals surface area contributed by atoms with Crippen LogP contribution in [0.4, 0.5) is 0 Å². The van der Waals surface area contributed by atoms with Gasteiger partial charge in [-0.3, -0.25) is 9.59 Å². The fourth-order valence-corrected chi connectivity index (χ4v) is 4.50. The molecule has 0 saturated carbocycles. The number of carbonyl (C=O) groups is 1. The highest BCUT2D eigenvalue weighted by molar-refractivity contribution is 7.16. The molecular formula is C21H21N3O3S. The molecule has 0 radical (unpaired) electrons. The molecule has 1 N–H and O–H groups in total. The molecule has 1 aliphatic heterocycles. The number of aromatic amines is 1. The Bertz CT molecular complexity index is 1130. The van der Waals surface area contributed by atoms with Crippen molar-refractivity contribution in [2.45, 2.75) is 32.7 Å². The molecule has 0 aliphatic carbocycles. The van der Waals surface area contributed by atoms with E-state index in [0.717, 1.165) is 27.1 Å². The van der Waals surface area contributed by atoms with Crippen molar-refractivity contribution in [1.29, 1.82) is 0 Å². The molecule has 0 fully saturated rings. The highest BCUT2D eigenvalue weighted by atomic mass is 32.1. The Labute approximate surface area is 166 Å². The Balaban J connectivity index is 1.78. The number of H-pyrrole nitrogens is 1. The molecular weight excluding hydrogens is 374 g/mol. The Kier molecular flexibility index (Phi) is 4.77. The van der Waals surface area contributed by atoms with Crippen molar-refractivity contribution in [3.63, 3.8) is 0 Å². The van der Waals surface area contributed by atoms with E-state index in [9.17, 15) is 9.59 Å². The number of hydrazone groups is 1. The molecule has 3 aromatic rings. The van der Waals surface area contributed by atoms with Crippen LogP contribution in [0.2, 0.25) is 0 Å². The molecule has 3 heterocycles. The van der Waals surface area contributed by atoms with Gasteiger partial charge in [0, 0.05) is 18.2 Å². The monoisotopic (exact) mass is 395 g/mol. The number of hydrogen-bond acceptors (Lipinski definition) is 5. The zero-order valence-electron chi connectivity index (χ0n) is 16.0. The number of nitrogens with one attached hydrogen (secondary N) is 1. The molecule has 4 rings (SSSR count). The van der Waals surface area contributed by atoms with Gasteiger partial charge in [-0.25, -0.2) is 5.01 Å². The van der Waals surface area contributed by atoms with Crippen LogP contribution in [0.25, 0.3) is 10.2 Å². The molecule has 6 nitrogen and oxygen atoms in total. The normalized spacial score (nSPS) is 16.5. The van der Waals surface area contributed by atoms with Crippen LogP contribution >= 0.6 is 11.3 Å². The van der Waals surface area contributed by atoms with Crippen molar-refractivity contribution in [2.24, 2.45) is 5.10 Å². The quantitative estimate of drug-likeness (QED) is 0.726. The third kappa shape index (κ3) is 3.01. The zero-order chi connectivity index (χ0) is 19.8. The lowest BCUT2D eigenvalue weighted by Gasteiger charge is -2.21. The summed E-state index contributed by atoms with van der Waals surface area (Å²) in [7, 11) is 1.62. The highest BCUT2D eigenvalue weighted by Gasteiger charge is 2.34. The average molecular weight is 395 g/mol. The number of fused-ring (bicyclic) bond motifs is 1. The smallest absolute Gasteiger partial charge is 0.258 e. The maximum absolute atomic E-state index is 12.8. The van der Waals surface area contributed by atoms with Crippen LogP contribution in [0.1, 0.15) is 42.5 Å². The van der Waals surface area contributed by atoms with E-state index in [1.54, 1.807) is 7.11 Å². The van der Waals surface area contributed by atoms with Gasteiger partial charge in [0.25, 0.3) is 5.56 Å². The Morgan fingerprint density at radius 2 is 2.07 bits per heavy atom. The molecule has 0 unspecified atom stereocenters. The number of amides is 1. The van der Waals surface area contributed by atoms with E-state index in [4.69, 9.17) is 4.74 Å². The summed E-state index contributed by atoms with van der Waals surface area (Å²) in [4.78, 5) is 29.1. The summed E-state index contributed by atoms with van der Waals surface area (Å²) in [6, 6.07) is 9.40. The van der Waals surface area contributed by atoms with Crippen LogP contribution in [-0.2, 0) is 4.79 Å². The second-order valence-electron chi connectivity index (χ2n) is 6.75. The molecule has 0 bridgehead atoms. The van der Waals surface area contributed by atoms with Gasteiger partial charge in [0.1, 0.15) is 10.6 Å². The number of rotatable bonds is 4. The zero-order valence-corrected chi connectivity index (χ0v) is 16.8. The van der Waals surface area contributed by atoms with E-state index in [1.807, 2.05) is 49.6 Å². The van der Waals surface area contributed by atoms with E-state index in [0.29, 0.717) is 24.1 Å². The molecule has 1 aromatic carbocycles. The minimum Gasteiger partial charge on any atom is -0.497 e. The van der Waals surface area contributed by atoms with Gasteiger partial charge >= 0.3 is 0 Å². The van der Waals surface area contributed by atoms with Crippen LogP contribution < -0.4 is 10.3 Å². The standard InChI is InChI=1S/C21H21N3O3S/c1-4-18(25)24-17(13-5-7-14(27-3)8-6-13)11-16(23-24)19-12(2)15-9-10-28-21(15)22-20(19)26/h5-10,17H,4,11H2,1-3H3,(H,22,26)/t17-/m1/s1. The van der Waals surface area contributed by atoms with Crippen molar-refractivity contribution in [2.75, 3.05) is 7.11 Å². The minimum atomic E-state index is -0.231. The number of nitrogens with zero attached hydrogens (tertiary/aromatic N) is 2. The third-order valence-corrected chi connectivity index (χ3v) is 5.99. The van der Waals surface area contributed by atoms with Gasteiger partial charge in [0.15, 0.2) is 0 Å². The molecule has 0 saturated heterocycles. The Morgan fingerprint density at radius 3 is 2.75 bits per heavy atom. The summed E-state index contributed by atoms with van der Waals surface area (Å²) in [5.41, 5.74) is 2.92. The number of hydrogen-bond donors (Lipinski definition) is 1. The lowest BCUT2D eigenvalue weighted by Crippen LogP contribution is -2.26. The summed E-state index contributed by atoms with van der Waals surface area (Å²) in [6.07, 6.45) is 0.847. The number of aryl methyl sites for hydroxylation is 1. The predicted molar refractivity (Wildman–Crippen MR) is 111 cm³/mol. The minimum absolute atomic E-state index is 0.0680. The van der Waals surface area contributed by atoms with E-state index < -0.39 is 0 Å². The molecule has 28 heavy (non-hydrogen) atoms. The van der Waals surface area contributed by atoms with Gasteiger partial charge in [-0.15, -0.1) is 11.3 Å². The van der Waals surface area contributed by atoms with E-state index in [1.165, 1.54) is 16.3 Å². The van der Waals surface area contributed by atoms with Crippen LogP contribution in [0.3, 0.4) is 0 Å². The second-order valence-corrected chi connectivity index (χ2v) is 7.67. The van der Waals surface area contributed by atoms with Gasteiger partial charge in [0.2, 0.25) is 5.91 Å². The largest absolute Gasteiger partial charge is 0.497 e. The number of carbonyl (C=O) groups excluding carboxylic acids is 1. The summed E-state index contributed by atoms with van der Waals surface area (Å²) in [5.74, 6) is 0.688. The molecule has 2 aromatic heterocycles. The van der Waals surface area contributed by atoms with Crippen molar-refractivity contribution < 1.29 is 9.53 Å². The summed E-state index contributed by atoms with van der Waals surface area (Å²) >= 11 is 1.51. The van der Waals surface area contributed by atoms with Crippen LogP contribution in [0.5, 0.6) is 5.75 Å². The lowest BCUT2D eigenvalue weighted by molar-refractivity contribution is -0.132. The number of thiophene rings is 1. The first-order chi connectivity index (χ1) is 13.5. The fraction of sp³-hybridized carbons (Fsp3) is 0.286. The maximum Gasteiger partial charge on any atom is 0.258 e. The number of methoxy groups -OCH3 is 1. The second kappa shape index (κ2) is 7.24. The van der Waals surface area contributed by atoms with Gasteiger partial charge in [-0.1, -0.05) is 19.1 Å². The van der Waals surface area contributed by atoms with Crippen LogP contribution in [0.15, 0.2) is 45.6 Å². The molecule has 1 amide bonds. The molecule has 7 heteroatoms. The van der Waals surface area contributed by atoms with E-state index >= 15 is 0 Å². The maximum atomic E-state index is 12.8. The predicted octanol–water partition coefficient (Wildman–Crippen LogP) is 3.99. The van der Waals surface area contributed by atoms with Crippen LogP contribution in [-0.4, -0.2) is 28.7 Å². The van der Waals surface area contributed by atoms with E-state index in [-0.39, 0.29) is 17.5 Å². The fourth-order valence-electron chi connectivity index (χ4n) is 3.66. The lowest BCUT2D eigenvalue weighted by atomic mass is 9.96. The first-order valence-corrected chi connectivity index (χ1v) is 10.1. The Morgan fingerprint density at radius 1 is 1.32 bits per heavy atom.